The highest BCUT2D eigenvalue weighted by Crippen LogP contribution is 2.40. The molecule has 0 aliphatic carbocycles. The first-order valence-corrected chi connectivity index (χ1v) is 7.16. The van der Waals surface area contributed by atoms with E-state index in [1.165, 1.54) is 12.0 Å². The number of nitrogens with zero attached hydrogens (tertiary/aromatic N) is 1. The van der Waals surface area contributed by atoms with Crippen molar-refractivity contribution >= 4 is 0 Å². The molecular formula is C15H23NO3. The first-order chi connectivity index (χ1) is 9.32. The summed E-state index contributed by atoms with van der Waals surface area (Å²) in [4.78, 5) is 2.51. The monoisotopic (exact) mass is 265 g/mol. The Bertz CT molecular complexity index is 388. The maximum atomic E-state index is 6.00. The van der Waals surface area contributed by atoms with Gasteiger partial charge in [0.15, 0.2) is 0 Å². The van der Waals surface area contributed by atoms with Crippen molar-refractivity contribution in [1.29, 1.82) is 0 Å². The molecule has 1 aromatic heterocycles. The van der Waals surface area contributed by atoms with Gasteiger partial charge in [0.1, 0.15) is 0 Å². The second-order valence-electron chi connectivity index (χ2n) is 5.89. The lowest BCUT2D eigenvalue weighted by Crippen LogP contribution is -2.56. The lowest BCUT2D eigenvalue weighted by Gasteiger charge is -2.50. The van der Waals surface area contributed by atoms with E-state index in [1.54, 1.807) is 13.4 Å². The predicted molar refractivity (Wildman–Crippen MR) is 71.9 cm³/mol. The van der Waals surface area contributed by atoms with Gasteiger partial charge in [-0.05, 0) is 25.3 Å². The molecule has 3 heterocycles. The average Bonchev–Trinajstić information content (AvgIpc) is 2.91. The van der Waals surface area contributed by atoms with Crippen molar-refractivity contribution < 1.29 is 13.9 Å². The van der Waals surface area contributed by atoms with E-state index in [-0.39, 0.29) is 5.41 Å². The largest absolute Gasteiger partial charge is 0.472 e. The van der Waals surface area contributed by atoms with Crippen LogP contribution in [-0.2, 0) is 16.0 Å². The zero-order chi connectivity index (χ0) is 13.1. The highest BCUT2D eigenvalue weighted by molar-refractivity contribution is 5.06. The van der Waals surface area contributed by atoms with Crippen molar-refractivity contribution in [2.75, 3.05) is 33.4 Å². The molecule has 106 valence electrons. The van der Waals surface area contributed by atoms with Crippen molar-refractivity contribution in [3.05, 3.63) is 24.2 Å². The van der Waals surface area contributed by atoms with Gasteiger partial charge in [-0.1, -0.05) is 0 Å². The Balaban J connectivity index is 1.69. The van der Waals surface area contributed by atoms with E-state index in [0.717, 1.165) is 45.7 Å². The molecule has 2 aliphatic heterocycles. The van der Waals surface area contributed by atoms with Gasteiger partial charge >= 0.3 is 0 Å². The zero-order valence-corrected chi connectivity index (χ0v) is 11.6. The summed E-state index contributed by atoms with van der Waals surface area (Å²) in [5.41, 5.74) is 1.44. The SMILES string of the molecule is COC[C@]12CCCO[C@@H]1CCN(Cc1ccoc1)C2. The second kappa shape index (κ2) is 5.65. The highest BCUT2D eigenvalue weighted by Gasteiger charge is 2.45. The summed E-state index contributed by atoms with van der Waals surface area (Å²) in [6.07, 6.45) is 7.44. The first kappa shape index (κ1) is 13.2. The molecule has 0 bridgehead atoms. The van der Waals surface area contributed by atoms with E-state index in [1.807, 2.05) is 12.3 Å². The number of methoxy groups -OCH3 is 1. The van der Waals surface area contributed by atoms with Crippen LogP contribution in [-0.4, -0.2) is 44.4 Å². The molecule has 0 radical (unpaired) electrons. The maximum Gasteiger partial charge on any atom is 0.0947 e. The van der Waals surface area contributed by atoms with Crippen LogP contribution in [0.2, 0.25) is 0 Å². The molecule has 3 rings (SSSR count). The van der Waals surface area contributed by atoms with Gasteiger partial charge in [-0.25, -0.2) is 0 Å². The van der Waals surface area contributed by atoms with E-state index >= 15 is 0 Å². The lowest BCUT2D eigenvalue weighted by atomic mass is 9.73. The minimum absolute atomic E-state index is 0.189. The van der Waals surface area contributed by atoms with Crippen LogP contribution in [0.5, 0.6) is 0 Å². The quantitative estimate of drug-likeness (QED) is 0.836. The van der Waals surface area contributed by atoms with Crippen LogP contribution in [0, 0.1) is 5.41 Å². The molecule has 0 aromatic carbocycles. The van der Waals surface area contributed by atoms with Gasteiger partial charge in [0.2, 0.25) is 0 Å². The van der Waals surface area contributed by atoms with E-state index in [2.05, 4.69) is 4.90 Å². The van der Waals surface area contributed by atoms with Gasteiger partial charge < -0.3 is 13.9 Å². The van der Waals surface area contributed by atoms with Crippen molar-refractivity contribution in [2.45, 2.75) is 31.9 Å². The fourth-order valence-electron chi connectivity index (χ4n) is 3.66. The molecule has 0 unspecified atom stereocenters. The number of hydrogen-bond donors (Lipinski definition) is 0. The molecule has 2 aliphatic rings. The van der Waals surface area contributed by atoms with Gasteiger partial charge in [-0.2, -0.15) is 0 Å². The van der Waals surface area contributed by atoms with Crippen molar-refractivity contribution in [3.8, 4) is 0 Å². The molecule has 2 saturated heterocycles. The summed E-state index contributed by atoms with van der Waals surface area (Å²) in [5.74, 6) is 0. The number of rotatable bonds is 4. The third-order valence-corrected chi connectivity index (χ3v) is 4.49. The molecule has 19 heavy (non-hydrogen) atoms. The highest BCUT2D eigenvalue weighted by atomic mass is 16.5. The summed E-state index contributed by atoms with van der Waals surface area (Å²) in [6, 6.07) is 2.05. The molecular weight excluding hydrogens is 242 g/mol. The summed E-state index contributed by atoms with van der Waals surface area (Å²) in [7, 11) is 1.80. The number of furan rings is 1. The fourth-order valence-corrected chi connectivity index (χ4v) is 3.66. The van der Waals surface area contributed by atoms with E-state index in [9.17, 15) is 0 Å². The Kier molecular flexibility index (Phi) is 3.91. The lowest BCUT2D eigenvalue weighted by molar-refractivity contribution is -0.149. The van der Waals surface area contributed by atoms with Gasteiger partial charge in [0, 0.05) is 44.3 Å². The standard InChI is InChI=1S/C15H23NO3/c1-17-12-15-5-2-7-19-14(15)3-6-16(11-15)9-13-4-8-18-10-13/h4,8,10,14H,2-3,5-7,9,11-12H2,1H3/t14-,15-/m1/s1. The Morgan fingerprint density at radius 1 is 1.53 bits per heavy atom. The number of piperidine rings is 1. The third kappa shape index (κ3) is 2.71. The predicted octanol–water partition coefficient (Wildman–Crippen LogP) is 2.30. The van der Waals surface area contributed by atoms with Gasteiger partial charge in [0.05, 0.1) is 25.2 Å². The Morgan fingerprint density at radius 3 is 3.26 bits per heavy atom. The first-order valence-electron chi connectivity index (χ1n) is 7.16. The normalized spacial score (nSPS) is 32.2. The van der Waals surface area contributed by atoms with Crippen LogP contribution in [0.15, 0.2) is 23.0 Å². The Labute approximate surface area is 114 Å². The number of ether oxygens (including phenoxy) is 2. The van der Waals surface area contributed by atoms with Crippen LogP contribution in [0.3, 0.4) is 0 Å². The number of likely N-dealkylation sites (tertiary alicyclic amines) is 1. The molecule has 0 saturated carbocycles. The Morgan fingerprint density at radius 2 is 2.47 bits per heavy atom. The summed E-state index contributed by atoms with van der Waals surface area (Å²) in [5, 5.41) is 0. The molecule has 0 amide bonds. The minimum Gasteiger partial charge on any atom is -0.472 e. The van der Waals surface area contributed by atoms with Crippen LogP contribution in [0.1, 0.15) is 24.8 Å². The number of hydrogen-bond acceptors (Lipinski definition) is 4. The number of fused-ring (bicyclic) bond motifs is 1. The van der Waals surface area contributed by atoms with Crippen molar-refractivity contribution in [1.82, 2.24) is 4.90 Å². The van der Waals surface area contributed by atoms with E-state index in [0.29, 0.717) is 6.10 Å². The molecule has 4 nitrogen and oxygen atoms in total. The fraction of sp³-hybridized carbons (Fsp3) is 0.733. The summed E-state index contributed by atoms with van der Waals surface area (Å²) >= 11 is 0. The molecule has 4 heteroatoms. The molecule has 2 fully saturated rings. The van der Waals surface area contributed by atoms with E-state index < -0.39 is 0 Å². The summed E-state index contributed by atoms with van der Waals surface area (Å²) in [6.45, 7) is 4.85. The maximum absolute atomic E-state index is 6.00. The average molecular weight is 265 g/mol. The third-order valence-electron chi connectivity index (χ3n) is 4.49. The molecule has 2 atom stereocenters. The Hall–Kier alpha value is -0.840. The van der Waals surface area contributed by atoms with Crippen LogP contribution < -0.4 is 0 Å². The minimum atomic E-state index is 0.189. The summed E-state index contributed by atoms with van der Waals surface area (Å²) < 4.78 is 16.7. The van der Waals surface area contributed by atoms with Gasteiger partial charge in [-0.15, -0.1) is 0 Å². The second-order valence-corrected chi connectivity index (χ2v) is 5.89. The van der Waals surface area contributed by atoms with Crippen molar-refractivity contribution in [2.24, 2.45) is 5.41 Å². The smallest absolute Gasteiger partial charge is 0.0947 e. The molecule has 0 N–H and O–H groups in total. The van der Waals surface area contributed by atoms with Gasteiger partial charge in [0.25, 0.3) is 0 Å². The molecule has 0 spiro atoms. The van der Waals surface area contributed by atoms with Crippen LogP contribution >= 0.6 is 0 Å². The molecule has 1 aromatic rings. The van der Waals surface area contributed by atoms with Crippen LogP contribution in [0.4, 0.5) is 0 Å². The van der Waals surface area contributed by atoms with Crippen LogP contribution in [0.25, 0.3) is 0 Å². The van der Waals surface area contributed by atoms with Crippen molar-refractivity contribution in [3.63, 3.8) is 0 Å². The van der Waals surface area contributed by atoms with E-state index in [4.69, 9.17) is 13.9 Å². The van der Waals surface area contributed by atoms with Gasteiger partial charge in [-0.3, -0.25) is 4.90 Å². The topological polar surface area (TPSA) is 34.8 Å². The zero-order valence-electron chi connectivity index (χ0n) is 11.6.